The number of nitro groups is 1. The zero-order chi connectivity index (χ0) is 18.8. The van der Waals surface area contributed by atoms with Crippen LogP contribution in [-0.2, 0) is 14.8 Å². The summed E-state index contributed by atoms with van der Waals surface area (Å²) in [5.74, 6) is 0. The SMILES string of the molecule is CC(Nc1ccc([N+](=O)[O-])cc1S(=O)(=O)N1CCOCC1)C(C)(C)C. The van der Waals surface area contributed by atoms with Crippen LogP contribution < -0.4 is 5.32 Å². The lowest BCUT2D eigenvalue weighted by molar-refractivity contribution is -0.385. The molecule has 0 aliphatic carbocycles. The van der Waals surface area contributed by atoms with Gasteiger partial charge in [0.25, 0.3) is 5.69 Å². The highest BCUT2D eigenvalue weighted by molar-refractivity contribution is 7.89. The summed E-state index contributed by atoms with van der Waals surface area (Å²) in [7, 11) is -3.85. The highest BCUT2D eigenvalue weighted by Gasteiger charge is 2.31. The third-order valence-electron chi connectivity index (χ3n) is 4.43. The van der Waals surface area contributed by atoms with Crippen LogP contribution in [0.1, 0.15) is 27.7 Å². The van der Waals surface area contributed by atoms with Gasteiger partial charge in [0.2, 0.25) is 10.0 Å². The first-order chi connectivity index (χ1) is 11.5. The molecule has 1 saturated heterocycles. The van der Waals surface area contributed by atoms with Crippen molar-refractivity contribution in [1.82, 2.24) is 4.31 Å². The molecular formula is C16H25N3O5S. The van der Waals surface area contributed by atoms with Crippen LogP contribution in [0, 0.1) is 15.5 Å². The number of non-ortho nitro benzene ring substituents is 1. The quantitative estimate of drug-likeness (QED) is 0.630. The van der Waals surface area contributed by atoms with E-state index < -0.39 is 14.9 Å². The Morgan fingerprint density at radius 3 is 2.40 bits per heavy atom. The fourth-order valence-corrected chi connectivity index (χ4v) is 3.92. The summed E-state index contributed by atoms with van der Waals surface area (Å²) in [5.41, 5.74) is 0.0159. The normalized spacial score (nSPS) is 17.9. The van der Waals surface area contributed by atoms with Crippen LogP contribution in [0.5, 0.6) is 0 Å². The van der Waals surface area contributed by atoms with Gasteiger partial charge in [0.15, 0.2) is 0 Å². The molecule has 2 rings (SSSR count). The average Bonchev–Trinajstić information content (AvgIpc) is 2.54. The minimum atomic E-state index is -3.85. The molecule has 1 N–H and O–H groups in total. The number of ether oxygens (including phenoxy) is 1. The van der Waals surface area contributed by atoms with E-state index in [9.17, 15) is 18.5 Å². The van der Waals surface area contributed by atoms with E-state index in [2.05, 4.69) is 5.32 Å². The number of hydrogen-bond donors (Lipinski definition) is 1. The van der Waals surface area contributed by atoms with Gasteiger partial charge in [-0.25, -0.2) is 8.42 Å². The number of hydrogen-bond acceptors (Lipinski definition) is 6. The molecule has 0 saturated carbocycles. The fourth-order valence-electron chi connectivity index (χ4n) is 2.33. The lowest BCUT2D eigenvalue weighted by atomic mass is 9.88. The zero-order valence-electron chi connectivity index (χ0n) is 15.0. The first kappa shape index (κ1) is 19.6. The molecule has 140 valence electrons. The first-order valence-corrected chi connectivity index (χ1v) is 9.60. The molecule has 9 heteroatoms. The van der Waals surface area contributed by atoms with Crippen molar-refractivity contribution in [3.05, 3.63) is 28.3 Å². The second kappa shape index (κ2) is 7.27. The lowest BCUT2D eigenvalue weighted by Crippen LogP contribution is -2.41. The van der Waals surface area contributed by atoms with E-state index in [1.165, 1.54) is 16.4 Å². The number of nitrogens with zero attached hydrogens (tertiary/aromatic N) is 2. The number of benzene rings is 1. The van der Waals surface area contributed by atoms with E-state index in [0.29, 0.717) is 18.9 Å². The maximum Gasteiger partial charge on any atom is 0.270 e. The number of rotatable bonds is 5. The van der Waals surface area contributed by atoms with Crippen molar-refractivity contribution in [3.8, 4) is 0 Å². The molecule has 0 aromatic heterocycles. The van der Waals surface area contributed by atoms with Gasteiger partial charge in [-0.15, -0.1) is 0 Å². The monoisotopic (exact) mass is 371 g/mol. The fraction of sp³-hybridized carbons (Fsp3) is 0.625. The summed E-state index contributed by atoms with van der Waals surface area (Å²) >= 11 is 0. The minimum Gasteiger partial charge on any atom is -0.381 e. The van der Waals surface area contributed by atoms with Crippen LogP contribution >= 0.6 is 0 Å². The van der Waals surface area contributed by atoms with Gasteiger partial charge in [0, 0.05) is 31.3 Å². The van der Waals surface area contributed by atoms with Gasteiger partial charge in [0.1, 0.15) is 4.90 Å². The van der Waals surface area contributed by atoms with Gasteiger partial charge in [-0.3, -0.25) is 10.1 Å². The molecule has 1 heterocycles. The summed E-state index contributed by atoms with van der Waals surface area (Å²) in [4.78, 5) is 10.4. The molecule has 1 aromatic carbocycles. The molecular weight excluding hydrogens is 346 g/mol. The zero-order valence-corrected chi connectivity index (χ0v) is 15.8. The second-order valence-corrected chi connectivity index (χ2v) is 9.09. The van der Waals surface area contributed by atoms with Gasteiger partial charge in [-0.1, -0.05) is 20.8 Å². The summed E-state index contributed by atoms with van der Waals surface area (Å²) < 4.78 is 32.6. The van der Waals surface area contributed by atoms with Crippen molar-refractivity contribution in [2.24, 2.45) is 5.41 Å². The van der Waals surface area contributed by atoms with Crippen molar-refractivity contribution in [2.45, 2.75) is 38.6 Å². The molecule has 1 aliphatic rings. The predicted molar refractivity (Wildman–Crippen MR) is 95.2 cm³/mol. The molecule has 0 spiro atoms. The van der Waals surface area contributed by atoms with Crippen molar-refractivity contribution in [1.29, 1.82) is 0 Å². The smallest absolute Gasteiger partial charge is 0.270 e. The molecule has 25 heavy (non-hydrogen) atoms. The highest BCUT2D eigenvalue weighted by atomic mass is 32.2. The van der Waals surface area contributed by atoms with Crippen LogP contribution in [0.3, 0.4) is 0 Å². The number of nitro benzene ring substituents is 1. The summed E-state index contributed by atoms with van der Waals surface area (Å²) in [6, 6.07) is 3.87. The lowest BCUT2D eigenvalue weighted by Gasteiger charge is -2.31. The van der Waals surface area contributed by atoms with E-state index in [0.717, 1.165) is 6.07 Å². The van der Waals surface area contributed by atoms with Crippen LogP contribution in [0.25, 0.3) is 0 Å². The molecule has 1 atom stereocenters. The molecule has 8 nitrogen and oxygen atoms in total. The van der Waals surface area contributed by atoms with Crippen LogP contribution in [0.15, 0.2) is 23.1 Å². The topological polar surface area (TPSA) is 102 Å². The van der Waals surface area contributed by atoms with Crippen molar-refractivity contribution >= 4 is 21.4 Å². The Balaban J connectivity index is 2.48. The Hall–Kier alpha value is -1.71. The Bertz CT molecular complexity index is 737. The summed E-state index contributed by atoms with van der Waals surface area (Å²) in [5, 5.41) is 14.3. The second-order valence-electron chi connectivity index (χ2n) is 7.19. The number of morpholine rings is 1. The van der Waals surface area contributed by atoms with Gasteiger partial charge >= 0.3 is 0 Å². The van der Waals surface area contributed by atoms with Crippen molar-refractivity contribution in [3.63, 3.8) is 0 Å². The summed E-state index contributed by atoms with van der Waals surface area (Å²) in [6.07, 6.45) is 0. The molecule has 0 radical (unpaired) electrons. The Morgan fingerprint density at radius 1 is 1.28 bits per heavy atom. The predicted octanol–water partition coefficient (Wildman–Crippen LogP) is 2.46. The Morgan fingerprint density at radius 2 is 1.88 bits per heavy atom. The van der Waals surface area contributed by atoms with Crippen LogP contribution in [0.2, 0.25) is 0 Å². The maximum absolute atomic E-state index is 13.0. The summed E-state index contributed by atoms with van der Waals surface area (Å²) in [6.45, 7) is 9.15. The van der Waals surface area contributed by atoms with Gasteiger partial charge in [-0.2, -0.15) is 4.31 Å². The van der Waals surface area contributed by atoms with E-state index in [4.69, 9.17) is 4.74 Å². The molecule has 1 unspecified atom stereocenters. The molecule has 0 amide bonds. The number of nitrogens with one attached hydrogen (secondary N) is 1. The van der Waals surface area contributed by atoms with E-state index >= 15 is 0 Å². The standard InChI is InChI=1S/C16H25N3O5S/c1-12(16(2,3)4)17-14-6-5-13(19(20)21)11-15(14)25(22,23)18-7-9-24-10-8-18/h5-6,11-12,17H,7-10H2,1-4H3. The van der Waals surface area contributed by atoms with Crippen molar-refractivity contribution in [2.75, 3.05) is 31.6 Å². The molecule has 1 aliphatic heterocycles. The highest BCUT2D eigenvalue weighted by Crippen LogP contribution is 2.32. The number of sulfonamides is 1. The van der Waals surface area contributed by atoms with Crippen LogP contribution in [-0.4, -0.2) is 50.0 Å². The average molecular weight is 371 g/mol. The largest absolute Gasteiger partial charge is 0.381 e. The number of anilines is 1. The van der Waals surface area contributed by atoms with Crippen molar-refractivity contribution < 1.29 is 18.1 Å². The minimum absolute atomic E-state index is 0.0346. The third kappa shape index (κ3) is 4.47. The van der Waals surface area contributed by atoms with E-state index in [1.54, 1.807) is 0 Å². The Labute approximate surface area is 148 Å². The molecule has 1 aromatic rings. The molecule has 1 fully saturated rings. The van der Waals surface area contributed by atoms with Gasteiger partial charge < -0.3 is 10.1 Å². The first-order valence-electron chi connectivity index (χ1n) is 8.16. The van der Waals surface area contributed by atoms with Gasteiger partial charge in [0.05, 0.1) is 23.8 Å². The third-order valence-corrected chi connectivity index (χ3v) is 6.37. The Kier molecular flexibility index (Phi) is 5.70. The van der Waals surface area contributed by atoms with Crippen LogP contribution in [0.4, 0.5) is 11.4 Å². The molecule has 0 bridgehead atoms. The van der Waals surface area contributed by atoms with E-state index in [1.807, 2.05) is 27.7 Å². The van der Waals surface area contributed by atoms with Gasteiger partial charge in [-0.05, 0) is 18.4 Å². The maximum atomic E-state index is 13.0. The van der Waals surface area contributed by atoms with E-state index in [-0.39, 0.29) is 35.1 Å².